The summed E-state index contributed by atoms with van der Waals surface area (Å²) in [5.41, 5.74) is 11.7. The minimum absolute atomic E-state index is 0.0557. The van der Waals surface area contributed by atoms with Gasteiger partial charge in [0.15, 0.2) is 0 Å². The SMILES string of the molecule is CNC(c1cccc(C(C)C)c1)c1ccc2cccnc2c1N. The quantitative estimate of drug-likeness (QED) is 0.709. The van der Waals surface area contributed by atoms with E-state index in [0.717, 1.165) is 22.2 Å². The third-order valence-corrected chi connectivity index (χ3v) is 4.36. The Morgan fingerprint density at radius 1 is 1.00 bits per heavy atom. The van der Waals surface area contributed by atoms with Crippen LogP contribution in [0.25, 0.3) is 10.9 Å². The van der Waals surface area contributed by atoms with Crippen LogP contribution in [-0.4, -0.2) is 12.0 Å². The lowest BCUT2D eigenvalue weighted by Gasteiger charge is -2.21. The molecule has 23 heavy (non-hydrogen) atoms. The highest BCUT2D eigenvalue weighted by atomic mass is 14.9. The van der Waals surface area contributed by atoms with E-state index in [9.17, 15) is 0 Å². The summed E-state index contributed by atoms with van der Waals surface area (Å²) < 4.78 is 0. The lowest BCUT2D eigenvalue weighted by atomic mass is 9.92. The van der Waals surface area contributed by atoms with Crippen LogP contribution in [0.15, 0.2) is 54.7 Å². The second-order valence-electron chi connectivity index (χ2n) is 6.19. The third kappa shape index (κ3) is 2.92. The zero-order valence-electron chi connectivity index (χ0n) is 13.9. The van der Waals surface area contributed by atoms with Gasteiger partial charge in [-0.2, -0.15) is 0 Å². The van der Waals surface area contributed by atoms with E-state index in [0.29, 0.717) is 5.92 Å². The monoisotopic (exact) mass is 305 g/mol. The van der Waals surface area contributed by atoms with Crippen LogP contribution in [0.5, 0.6) is 0 Å². The van der Waals surface area contributed by atoms with Gasteiger partial charge in [0, 0.05) is 11.6 Å². The molecule has 3 N–H and O–H groups in total. The average molecular weight is 305 g/mol. The van der Waals surface area contributed by atoms with E-state index in [4.69, 9.17) is 5.73 Å². The number of hydrogen-bond acceptors (Lipinski definition) is 3. The van der Waals surface area contributed by atoms with Crippen LogP contribution in [0, 0.1) is 0 Å². The maximum absolute atomic E-state index is 6.43. The number of nitrogens with zero attached hydrogens (tertiary/aromatic N) is 1. The Bertz CT molecular complexity index is 824. The molecule has 0 bridgehead atoms. The first-order valence-corrected chi connectivity index (χ1v) is 8.02. The Morgan fingerprint density at radius 2 is 1.78 bits per heavy atom. The van der Waals surface area contributed by atoms with Crippen molar-refractivity contribution in [3.63, 3.8) is 0 Å². The predicted molar refractivity (Wildman–Crippen MR) is 97.6 cm³/mol. The highest BCUT2D eigenvalue weighted by Crippen LogP contribution is 2.32. The smallest absolute Gasteiger partial charge is 0.0934 e. The molecule has 3 nitrogen and oxygen atoms in total. The number of nitrogens with one attached hydrogen (secondary N) is 1. The van der Waals surface area contributed by atoms with E-state index in [1.807, 2.05) is 19.2 Å². The van der Waals surface area contributed by atoms with Crippen molar-refractivity contribution in [3.05, 3.63) is 71.4 Å². The first-order valence-electron chi connectivity index (χ1n) is 8.02. The number of rotatable bonds is 4. The molecule has 0 aliphatic rings. The molecule has 118 valence electrons. The first kappa shape index (κ1) is 15.5. The summed E-state index contributed by atoms with van der Waals surface area (Å²) in [6, 6.07) is 16.9. The van der Waals surface area contributed by atoms with Crippen LogP contribution >= 0.6 is 0 Å². The second kappa shape index (κ2) is 6.39. The standard InChI is InChI=1S/C20H23N3/c1-13(2)15-6-4-7-16(12-15)19(22-3)17-10-9-14-8-5-11-23-20(14)18(17)21/h4-13,19,22H,21H2,1-3H3. The summed E-state index contributed by atoms with van der Waals surface area (Å²) in [5, 5.41) is 4.47. The first-order chi connectivity index (χ1) is 11.1. The van der Waals surface area contributed by atoms with Crippen molar-refractivity contribution < 1.29 is 0 Å². The summed E-state index contributed by atoms with van der Waals surface area (Å²) >= 11 is 0. The van der Waals surface area contributed by atoms with Crippen molar-refractivity contribution in [2.45, 2.75) is 25.8 Å². The number of nitrogen functional groups attached to an aromatic ring is 1. The highest BCUT2D eigenvalue weighted by Gasteiger charge is 2.17. The number of aromatic nitrogens is 1. The Morgan fingerprint density at radius 3 is 2.52 bits per heavy atom. The van der Waals surface area contributed by atoms with Gasteiger partial charge in [-0.3, -0.25) is 4.98 Å². The van der Waals surface area contributed by atoms with Crippen molar-refractivity contribution in [2.24, 2.45) is 0 Å². The number of hydrogen-bond donors (Lipinski definition) is 2. The summed E-state index contributed by atoms with van der Waals surface area (Å²) in [6.07, 6.45) is 1.79. The summed E-state index contributed by atoms with van der Waals surface area (Å²) in [5.74, 6) is 0.503. The molecule has 0 aliphatic heterocycles. The molecule has 1 atom stereocenters. The molecule has 0 spiro atoms. The fourth-order valence-corrected chi connectivity index (χ4v) is 3.03. The van der Waals surface area contributed by atoms with Gasteiger partial charge < -0.3 is 11.1 Å². The summed E-state index contributed by atoms with van der Waals surface area (Å²) in [4.78, 5) is 4.44. The maximum atomic E-state index is 6.43. The van der Waals surface area contributed by atoms with Crippen LogP contribution in [0.1, 0.15) is 42.5 Å². The van der Waals surface area contributed by atoms with Gasteiger partial charge in [-0.05, 0) is 35.7 Å². The number of nitrogens with two attached hydrogens (primary N) is 1. The third-order valence-electron chi connectivity index (χ3n) is 4.36. The lowest BCUT2D eigenvalue weighted by molar-refractivity contribution is 0.691. The molecule has 0 saturated heterocycles. The summed E-state index contributed by atoms with van der Waals surface area (Å²) in [7, 11) is 1.97. The number of anilines is 1. The highest BCUT2D eigenvalue weighted by molar-refractivity contribution is 5.91. The Balaban J connectivity index is 2.11. The van der Waals surface area contributed by atoms with Gasteiger partial charge in [-0.1, -0.05) is 56.3 Å². The largest absolute Gasteiger partial charge is 0.397 e. The average Bonchev–Trinajstić information content (AvgIpc) is 2.58. The fraction of sp³-hybridized carbons (Fsp3) is 0.250. The van der Waals surface area contributed by atoms with E-state index < -0.39 is 0 Å². The van der Waals surface area contributed by atoms with Crippen molar-refractivity contribution >= 4 is 16.6 Å². The molecule has 3 rings (SSSR count). The van der Waals surface area contributed by atoms with Gasteiger partial charge in [0.05, 0.1) is 17.2 Å². The molecule has 2 aromatic carbocycles. The predicted octanol–water partition coefficient (Wildman–Crippen LogP) is 4.25. The van der Waals surface area contributed by atoms with Crippen molar-refractivity contribution in [3.8, 4) is 0 Å². The molecule has 0 aliphatic carbocycles. The maximum Gasteiger partial charge on any atom is 0.0934 e. The van der Waals surface area contributed by atoms with E-state index in [2.05, 4.69) is 60.5 Å². The molecule has 0 amide bonds. The minimum Gasteiger partial charge on any atom is -0.397 e. The van der Waals surface area contributed by atoms with Crippen LogP contribution in [0.2, 0.25) is 0 Å². The van der Waals surface area contributed by atoms with Crippen molar-refractivity contribution in [1.29, 1.82) is 0 Å². The van der Waals surface area contributed by atoms with Gasteiger partial charge >= 0.3 is 0 Å². The molecule has 1 aromatic heterocycles. The van der Waals surface area contributed by atoms with E-state index in [1.54, 1.807) is 6.20 Å². The van der Waals surface area contributed by atoms with Gasteiger partial charge in [-0.15, -0.1) is 0 Å². The molecule has 0 fully saturated rings. The molecule has 3 heteroatoms. The van der Waals surface area contributed by atoms with Crippen LogP contribution in [-0.2, 0) is 0 Å². The number of fused-ring (bicyclic) bond motifs is 1. The van der Waals surface area contributed by atoms with Gasteiger partial charge in [0.1, 0.15) is 0 Å². The van der Waals surface area contributed by atoms with Crippen molar-refractivity contribution in [1.82, 2.24) is 10.3 Å². The Kier molecular flexibility index (Phi) is 4.30. The lowest BCUT2D eigenvalue weighted by Crippen LogP contribution is -2.19. The second-order valence-corrected chi connectivity index (χ2v) is 6.19. The van der Waals surface area contributed by atoms with E-state index >= 15 is 0 Å². The molecular weight excluding hydrogens is 282 g/mol. The zero-order chi connectivity index (χ0) is 16.4. The molecular formula is C20H23N3. The summed E-state index contributed by atoms with van der Waals surface area (Å²) in [6.45, 7) is 4.42. The number of pyridine rings is 1. The molecule has 0 saturated carbocycles. The zero-order valence-corrected chi connectivity index (χ0v) is 13.9. The van der Waals surface area contributed by atoms with Crippen molar-refractivity contribution in [2.75, 3.05) is 12.8 Å². The normalized spacial score (nSPS) is 12.7. The molecule has 1 heterocycles. The van der Waals surface area contributed by atoms with Gasteiger partial charge in [-0.25, -0.2) is 0 Å². The van der Waals surface area contributed by atoms with E-state index in [1.165, 1.54) is 11.1 Å². The fourth-order valence-electron chi connectivity index (χ4n) is 3.03. The molecule has 3 aromatic rings. The van der Waals surface area contributed by atoms with Crippen LogP contribution in [0.3, 0.4) is 0 Å². The topological polar surface area (TPSA) is 50.9 Å². The van der Waals surface area contributed by atoms with E-state index in [-0.39, 0.29) is 6.04 Å². The van der Waals surface area contributed by atoms with Crippen LogP contribution < -0.4 is 11.1 Å². The minimum atomic E-state index is 0.0557. The van der Waals surface area contributed by atoms with Gasteiger partial charge in [0.2, 0.25) is 0 Å². The van der Waals surface area contributed by atoms with Crippen LogP contribution in [0.4, 0.5) is 5.69 Å². The number of benzene rings is 2. The van der Waals surface area contributed by atoms with Gasteiger partial charge in [0.25, 0.3) is 0 Å². The molecule has 1 unspecified atom stereocenters. The Labute approximate surface area is 137 Å². The Hall–Kier alpha value is -2.39. The molecule has 0 radical (unpaired) electrons.